The average molecular weight is 259 g/mol. The minimum absolute atomic E-state index is 0.00742. The maximum absolute atomic E-state index is 6.36. The standard InChI is InChI=1S/C12H25NO3Si/c1-12(2,3)17(4,5)16-9-7-15-10-8(13)6-14-11(9)10/h8-11H,6-7,13H2,1-5H3/t8-,9+,10+,11+/m0/s1. The highest BCUT2D eigenvalue weighted by Crippen LogP contribution is 2.39. The molecule has 0 amide bonds. The molecule has 2 heterocycles. The summed E-state index contributed by atoms with van der Waals surface area (Å²) in [6, 6.07) is 0.00742. The first-order valence-corrected chi connectivity index (χ1v) is 9.30. The van der Waals surface area contributed by atoms with Gasteiger partial charge in [0.15, 0.2) is 8.32 Å². The predicted molar refractivity (Wildman–Crippen MR) is 69.5 cm³/mol. The van der Waals surface area contributed by atoms with Crippen molar-refractivity contribution in [3.8, 4) is 0 Å². The zero-order valence-corrected chi connectivity index (χ0v) is 12.5. The Morgan fingerprint density at radius 2 is 1.71 bits per heavy atom. The van der Waals surface area contributed by atoms with Gasteiger partial charge in [0.2, 0.25) is 0 Å². The average Bonchev–Trinajstić information content (AvgIpc) is 2.70. The zero-order chi connectivity index (χ0) is 12.8. The number of hydrogen-bond donors (Lipinski definition) is 1. The minimum atomic E-state index is -1.75. The van der Waals surface area contributed by atoms with Gasteiger partial charge in [0.05, 0.1) is 25.4 Å². The van der Waals surface area contributed by atoms with E-state index < -0.39 is 8.32 Å². The number of ether oxygens (including phenoxy) is 2. The van der Waals surface area contributed by atoms with Crippen molar-refractivity contribution < 1.29 is 13.9 Å². The third kappa shape index (κ3) is 2.44. The minimum Gasteiger partial charge on any atom is -0.409 e. The van der Waals surface area contributed by atoms with Crippen molar-refractivity contribution in [2.24, 2.45) is 5.73 Å². The molecule has 17 heavy (non-hydrogen) atoms. The zero-order valence-electron chi connectivity index (χ0n) is 11.5. The molecule has 0 aromatic rings. The van der Waals surface area contributed by atoms with Crippen LogP contribution < -0.4 is 5.73 Å². The van der Waals surface area contributed by atoms with Gasteiger partial charge in [-0.3, -0.25) is 0 Å². The van der Waals surface area contributed by atoms with Crippen LogP contribution in [0.1, 0.15) is 20.8 Å². The molecule has 2 saturated heterocycles. The lowest BCUT2D eigenvalue weighted by Gasteiger charge is -2.39. The van der Waals surface area contributed by atoms with Gasteiger partial charge < -0.3 is 19.6 Å². The first kappa shape index (κ1) is 13.5. The van der Waals surface area contributed by atoms with Crippen LogP contribution in [-0.2, 0) is 13.9 Å². The Morgan fingerprint density at radius 3 is 2.29 bits per heavy atom. The van der Waals surface area contributed by atoms with Crippen LogP contribution in [0.2, 0.25) is 18.1 Å². The smallest absolute Gasteiger partial charge is 0.192 e. The van der Waals surface area contributed by atoms with Gasteiger partial charge in [0, 0.05) is 0 Å². The molecule has 100 valence electrons. The molecular weight excluding hydrogens is 234 g/mol. The molecule has 0 radical (unpaired) electrons. The van der Waals surface area contributed by atoms with Crippen LogP contribution in [-0.4, -0.2) is 45.9 Å². The van der Waals surface area contributed by atoms with E-state index in [0.29, 0.717) is 13.2 Å². The Bertz CT molecular complexity index is 290. The summed E-state index contributed by atoms with van der Waals surface area (Å²) in [7, 11) is -1.75. The van der Waals surface area contributed by atoms with Gasteiger partial charge in [-0.2, -0.15) is 0 Å². The molecule has 2 fully saturated rings. The van der Waals surface area contributed by atoms with Crippen molar-refractivity contribution in [3.63, 3.8) is 0 Å². The fraction of sp³-hybridized carbons (Fsp3) is 1.00. The lowest BCUT2D eigenvalue weighted by molar-refractivity contribution is 0.0242. The fourth-order valence-corrected chi connectivity index (χ4v) is 3.46. The molecule has 0 aliphatic carbocycles. The Morgan fingerprint density at radius 1 is 1.12 bits per heavy atom. The molecule has 0 aromatic heterocycles. The van der Waals surface area contributed by atoms with E-state index in [1.165, 1.54) is 0 Å². The van der Waals surface area contributed by atoms with Gasteiger partial charge in [0.25, 0.3) is 0 Å². The lowest BCUT2D eigenvalue weighted by Crippen LogP contribution is -2.47. The van der Waals surface area contributed by atoms with Crippen molar-refractivity contribution in [1.29, 1.82) is 0 Å². The molecule has 2 aliphatic rings. The van der Waals surface area contributed by atoms with Gasteiger partial charge in [-0.1, -0.05) is 20.8 Å². The summed E-state index contributed by atoms with van der Waals surface area (Å²) in [5, 5.41) is 0.214. The molecule has 0 saturated carbocycles. The van der Waals surface area contributed by atoms with E-state index in [1.807, 2.05) is 0 Å². The molecule has 0 aromatic carbocycles. The quantitative estimate of drug-likeness (QED) is 0.764. The van der Waals surface area contributed by atoms with E-state index in [0.717, 1.165) is 0 Å². The summed E-state index contributed by atoms with van der Waals surface area (Å²) in [5.41, 5.74) is 5.94. The van der Waals surface area contributed by atoms with E-state index in [9.17, 15) is 0 Å². The van der Waals surface area contributed by atoms with E-state index >= 15 is 0 Å². The summed E-state index contributed by atoms with van der Waals surface area (Å²) in [6.07, 6.45) is 0.137. The summed E-state index contributed by atoms with van der Waals surface area (Å²) in [5.74, 6) is 0. The SMILES string of the molecule is CC(C)(C)[Si](C)(C)O[C@@H]1CO[C@H]2[C@@H]1OC[C@@H]2N. The summed E-state index contributed by atoms with van der Waals surface area (Å²) < 4.78 is 17.8. The van der Waals surface area contributed by atoms with Crippen LogP contribution >= 0.6 is 0 Å². The van der Waals surface area contributed by atoms with Crippen molar-refractivity contribution in [2.75, 3.05) is 13.2 Å². The predicted octanol–water partition coefficient (Wildman–Crippen LogP) is 1.50. The number of fused-ring (bicyclic) bond motifs is 1. The lowest BCUT2D eigenvalue weighted by atomic mass is 10.1. The summed E-state index contributed by atoms with van der Waals surface area (Å²) in [6.45, 7) is 12.5. The maximum atomic E-state index is 6.36. The summed E-state index contributed by atoms with van der Waals surface area (Å²) >= 11 is 0. The van der Waals surface area contributed by atoms with Crippen LogP contribution in [0.15, 0.2) is 0 Å². The second-order valence-corrected chi connectivity index (χ2v) is 11.4. The van der Waals surface area contributed by atoms with Gasteiger partial charge in [-0.25, -0.2) is 0 Å². The number of hydrogen-bond acceptors (Lipinski definition) is 4. The highest BCUT2D eigenvalue weighted by atomic mass is 28.4. The molecule has 2 rings (SSSR count). The second kappa shape index (κ2) is 4.31. The second-order valence-electron chi connectivity index (χ2n) is 6.68. The van der Waals surface area contributed by atoms with Crippen LogP contribution in [0, 0.1) is 0 Å². The van der Waals surface area contributed by atoms with E-state index in [-0.39, 0.29) is 29.4 Å². The Kier molecular flexibility index (Phi) is 3.42. The molecular formula is C12H25NO3Si. The summed E-state index contributed by atoms with van der Waals surface area (Å²) in [4.78, 5) is 0. The third-order valence-electron chi connectivity index (χ3n) is 4.30. The Balaban J connectivity index is 2.02. The number of nitrogens with two attached hydrogens (primary N) is 1. The van der Waals surface area contributed by atoms with Gasteiger partial charge >= 0.3 is 0 Å². The van der Waals surface area contributed by atoms with E-state index in [2.05, 4.69) is 33.9 Å². The topological polar surface area (TPSA) is 53.7 Å². The third-order valence-corrected chi connectivity index (χ3v) is 8.80. The van der Waals surface area contributed by atoms with Crippen molar-refractivity contribution >= 4 is 8.32 Å². The monoisotopic (exact) mass is 259 g/mol. The van der Waals surface area contributed by atoms with Crippen LogP contribution in [0.5, 0.6) is 0 Å². The molecule has 2 aliphatic heterocycles. The Labute approximate surface area is 105 Å². The van der Waals surface area contributed by atoms with Crippen LogP contribution in [0.4, 0.5) is 0 Å². The highest BCUT2D eigenvalue weighted by molar-refractivity contribution is 6.74. The fourth-order valence-electron chi connectivity index (χ4n) is 2.15. The normalized spacial score (nSPS) is 38.5. The molecule has 4 atom stereocenters. The molecule has 0 spiro atoms. The Hall–Kier alpha value is 0.0569. The van der Waals surface area contributed by atoms with Crippen LogP contribution in [0.3, 0.4) is 0 Å². The first-order valence-electron chi connectivity index (χ1n) is 6.39. The molecule has 0 bridgehead atoms. The first-order chi connectivity index (χ1) is 7.72. The van der Waals surface area contributed by atoms with Crippen LogP contribution in [0.25, 0.3) is 0 Å². The molecule has 5 heteroatoms. The number of rotatable bonds is 2. The van der Waals surface area contributed by atoms with Gasteiger partial charge in [0.1, 0.15) is 12.2 Å². The maximum Gasteiger partial charge on any atom is 0.192 e. The largest absolute Gasteiger partial charge is 0.409 e. The van der Waals surface area contributed by atoms with Gasteiger partial charge in [-0.15, -0.1) is 0 Å². The van der Waals surface area contributed by atoms with E-state index in [4.69, 9.17) is 19.6 Å². The molecule has 0 unspecified atom stereocenters. The highest BCUT2D eigenvalue weighted by Gasteiger charge is 2.50. The van der Waals surface area contributed by atoms with Crippen molar-refractivity contribution in [2.45, 2.75) is 63.3 Å². The van der Waals surface area contributed by atoms with Crippen molar-refractivity contribution in [3.05, 3.63) is 0 Å². The molecule has 2 N–H and O–H groups in total. The van der Waals surface area contributed by atoms with Gasteiger partial charge in [-0.05, 0) is 18.1 Å². The van der Waals surface area contributed by atoms with E-state index in [1.54, 1.807) is 0 Å². The van der Waals surface area contributed by atoms with Crippen molar-refractivity contribution in [1.82, 2.24) is 0 Å². The molecule has 4 nitrogen and oxygen atoms in total.